The lowest BCUT2D eigenvalue weighted by Crippen LogP contribution is -2.30. The van der Waals surface area contributed by atoms with Gasteiger partial charge in [0.2, 0.25) is 0 Å². The van der Waals surface area contributed by atoms with Gasteiger partial charge in [-0.05, 0) is 99.0 Å². The lowest BCUT2D eigenvalue weighted by molar-refractivity contribution is 0.0765. The fourth-order valence-electron chi connectivity index (χ4n) is 7.60. The van der Waals surface area contributed by atoms with Gasteiger partial charge in [-0.3, -0.25) is 44.3 Å². The van der Waals surface area contributed by atoms with Gasteiger partial charge in [0, 0.05) is 119 Å². The standard InChI is InChI=1S/C19H19N3O.C15H8N2O.C10H14N2O.C9H6BrN.CH4/c1-3-22(4-2)19(23)17-13-20-11-9-15(17)14-10-12-21-18-8-6-5-7-16(14)18;18-15-11-7-16-6-5-9(11)14-10-3-1-2-4-13(10)17-8-12(14)15;1-3-12(4-2)10(13)9-6-5-7-11-8-9;10-8-5-6-11-9-4-2-1-3-7(8)9;/h5-13H,3-4H2,1-2H3;1-8H;5-8H,3-4H2,1-2H3;1-6H;1H4. The summed E-state index contributed by atoms with van der Waals surface area (Å²) in [6.45, 7) is 10.8. The number of nitrogens with zero attached hydrogens (tertiary/aromatic N) is 8. The molecule has 0 radical (unpaired) electrons. The van der Waals surface area contributed by atoms with Crippen molar-refractivity contribution in [2.24, 2.45) is 0 Å². The van der Waals surface area contributed by atoms with E-state index in [-0.39, 0.29) is 25.0 Å². The first-order valence-corrected chi connectivity index (χ1v) is 22.2. The van der Waals surface area contributed by atoms with Crippen LogP contribution in [0.15, 0.2) is 169 Å². The number of carbonyl (C=O) groups excluding carboxylic acids is 3. The molecule has 11 nitrogen and oxygen atoms in total. The van der Waals surface area contributed by atoms with Crippen LogP contribution >= 0.6 is 15.9 Å². The van der Waals surface area contributed by atoms with Crippen molar-refractivity contribution in [1.82, 2.24) is 39.7 Å². The number of amides is 2. The lowest BCUT2D eigenvalue weighted by atomic mass is 9.97. The maximum absolute atomic E-state index is 12.8. The van der Waals surface area contributed by atoms with Gasteiger partial charge < -0.3 is 9.80 Å². The second-order valence-corrected chi connectivity index (χ2v) is 15.5. The SMILES string of the molecule is Brc1ccnc2ccccc12.C.CCN(CC)C(=O)c1cccnc1.CCN(CC)C(=O)c1cnccc1-c1ccnc2ccccc12.O=C1c2cnccc2-c2c1cnc1ccccc21. The Balaban J connectivity index is 0.000000150. The predicted molar refractivity (Wildman–Crippen MR) is 268 cm³/mol. The van der Waals surface area contributed by atoms with E-state index < -0.39 is 0 Å². The molecule has 0 aliphatic heterocycles. The van der Waals surface area contributed by atoms with Crippen LogP contribution < -0.4 is 0 Å². The summed E-state index contributed by atoms with van der Waals surface area (Å²) in [5.41, 5.74) is 9.36. The first-order valence-electron chi connectivity index (χ1n) is 21.4. The van der Waals surface area contributed by atoms with Gasteiger partial charge in [-0.15, -0.1) is 0 Å². The molecule has 1 aliphatic rings. The zero-order valence-electron chi connectivity index (χ0n) is 36.6. The summed E-state index contributed by atoms with van der Waals surface area (Å²) in [7, 11) is 0. The molecule has 66 heavy (non-hydrogen) atoms. The highest BCUT2D eigenvalue weighted by Crippen LogP contribution is 2.40. The van der Waals surface area contributed by atoms with Crippen molar-refractivity contribution in [1.29, 1.82) is 0 Å². The molecule has 0 atom stereocenters. The lowest BCUT2D eigenvalue weighted by Gasteiger charge is -2.20. The number of pyridine rings is 6. The van der Waals surface area contributed by atoms with Crippen LogP contribution in [0.5, 0.6) is 0 Å². The van der Waals surface area contributed by atoms with Crippen LogP contribution in [-0.4, -0.2) is 83.5 Å². The Hall–Kier alpha value is -7.57. The fraction of sp³-hybridized carbons (Fsp3) is 0.167. The molecule has 9 aromatic rings. The monoisotopic (exact) mass is 938 g/mol. The van der Waals surface area contributed by atoms with E-state index >= 15 is 0 Å². The van der Waals surface area contributed by atoms with Crippen LogP contribution in [-0.2, 0) is 0 Å². The molecule has 0 spiro atoms. The number of carbonyl (C=O) groups is 3. The summed E-state index contributed by atoms with van der Waals surface area (Å²) in [4.78, 5) is 65.4. The van der Waals surface area contributed by atoms with Gasteiger partial charge in [0.25, 0.3) is 11.8 Å². The van der Waals surface area contributed by atoms with Gasteiger partial charge >= 0.3 is 0 Å². The Morgan fingerprint density at radius 2 is 1.00 bits per heavy atom. The fourth-order valence-corrected chi connectivity index (χ4v) is 8.05. The second kappa shape index (κ2) is 22.9. The number of ketones is 1. The maximum atomic E-state index is 12.8. The second-order valence-electron chi connectivity index (χ2n) is 14.6. The normalized spacial score (nSPS) is 10.8. The molecule has 1 aliphatic carbocycles. The van der Waals surface area contributed by atoms with E-state index in [2.05, 4.69) is 45.8 Å². The number of para-hydroxylation sites is 3. The Morgan fingerprint density at radius 3 is 1.64 bits per heavy atom. The quantitative estimate of drug-likeness (QED) is 0.153. The van der Waals surface area contributed by atoms with E-state index in [0.717, 1.165) is 72.5 Å². The Labute approximate surface area is 393 Å². The third-order valence-electron chi connectivity index (χ3n) is 11.0. The number of benzene rings is 3. The van der Waals surface area contributed by atoms with Crippen molar-refractivity contribution in [3.8, 4) is 22.3 Å². The molecular formula is C54H51BrN8O3. The number of hydrogen-bond donors (Lipinski definition) is 0. The maximum Gasteiger partial charge on any atom is 0.256 e. The summed E-state index contributed by atoms with van der Waals surface area (Å²) in [5, 5.41) is 3.22. The number of fused-ring (bicyclic) bond motifs is 7. The van der Waals surface area contributed by atoms with Gasteiger partial charge in [0.15, 0.2) is 5.78 Å². The van der Waals surface area contributed by atoms with Crippen molar-refractivity contribution >= 4 is 66.2 Å². The number of hydrogen-bond acceptors (Lipinski definition) is 9. The van der Waals surface area contributed by atoms with Gasteiger partial charge in [0.1, 0.15) is 0 Å². The molecule has 6 heterocycles. The van der Waals surface area contributed by atoms with E-state index in [4.69, 9.17) is 0 Å². The van der Waals surface area contributed by atoms with Crippen LogP contribution in [0.4, 0.5) is 0 Å². The zero-order chi connectivity index (χ0) is 45.7. The third-order valence-corrected chi connectivity index (χ3v) is 11.6. The molecule has 0 N–H and O–H groups in total. The summed E-state index contributed by atoms with van der Waals surface area (Å²) < 4.78 is 1.10. The number of aromatic nitrogens is 6. The van der Waals surface area contributed by atoms with Crippen molar-refractivity contribution in [3.05, 3.63) is 192 Å². The topological polar surface area (TPSA) is 135 Å². The van der Waals surface area contributed by atoms with Gasteiger partial charge in [-0.25, -0.2) is 0 Å². The van der Waals surface area contributed by atoms with Gasteiger partial charge in [-0.2, -0.15) is 0 Å². The number of halogens is 1. The molecule has 0 saturated heterocycles. The van der Waals surface area contributed by atoms with Crippen LogP contribution in [0, 0.1) is 0 Å². The first kappa shape index (κ1) is 47.9. The average molecular weight is 940 g/mol. The molecule has 6 aromatic heterocycles. The van der Waals surface area contributed by atoms with E-state index in [1.165, 1.54) is 0 Å². The van der Waals surface area contributed by atoms with Crippen LogP contribution in [0.1, 0.15) is 71.8 Å². The first-order chi connectivity index (χ1) is 31.8. The predicted octanol–water partition coefficient (Wildman–Crippen LogP) is 11.8. The minimum absolute atomic E-state index is 0. The van der Waals surface area contributed by atoms with Crippen molar-refractivity contribution in [3.63, 3.8) is 0 Å². The number of rotatable bonds is 7. The molecular weight excluding hydrogens is 889 g/mol. The highest BCUT2D eigenvalue weighted by atomic mass is 79.9. The molecule has 332 valence electrons. The molecule has 3 aromatic carbocycles. The Morgan fingerprint density at radius 1 is 0.470 bits per heavy atom. The Kier molecular flexibility index (Phi) is 16.6. The summed E-state index contributed by atoms with van der Waals surface area (Å²) in [6, 6.07) is 35.1. The molecule has 0 bridgehead atoms. The summed E-state index contributed by atoms with van der Waals surface area (Å²) >= 11 is 3.46. The van der Waals surface area contributed by atoms with E-state index in [1.807, 2.05) is 130 Å². The molecule has 10 rings (SSSR count). The highest BCUT2D eigenvalue weighted by Gasteiger charge is 2.28. The molecule has 0 fully saturated rings. The summed E-state index contributed by atoms with van der Waals surface area (Å²) in [5.74, 6) is 0.0865. The Bertz CT molecular complexity index is 3090. The highest BCUT2D eigenvalue weighted by molar-refractivity contribution is 9.10. The summed E-state index contributed by atoms with van der Waals surface area (Å²) in [6.07, 6.45) is 15.2. The van der Waals surface area contributed by atoms with Crippen molar-refractivity contribution < 1.29 is 14.4 Å². The molecule has 0 saturated carbocycles. The molecule has 12 heteroatoms. The van der Waals surface area contributed by atoms with Crippen LogP contribution in [0.3, 0.4) is 0 Å². The minimum atomic E-state index is 0. The molecule has 2 amide bonds. The van der Waals surface area contributed by atoms with E-state index in [1.54, 1.807) is 72.8 Å². The zero-order valence-corrected chi connectivity index (χ0v) is 38.2. The minimum Gasteiger partial charge on any atom is -0.339 e. The van der Waals surface area contributed by atoms with Crippen LogP contribution in [0.2, 0.25) is 0 Å². The smallest absolute Gasteiger partial charge is 0.256 e. The molecule has 0 unspecified atom stereocenters. The van der Waals surface area contributed by atoms with Gasteiger partial charge in [0.05, 0.1) is 27.7 Å². The van der Waals surface area contributed by atoms with Crippen molar-refractivity contribution in [2.45, 2.75) is 35.1 Å². The largest absolute Gasteiger partial charge is 0.339 e. The third kappa shape index (κ3) is 10.5. The van der Waals surface area contributed by atoms with Crippen LogP contribution in [0.25, 0.3) is 55.0 Å². The van der Waals surface area contributed by atoms with Crippen molar-refractivity contribution in [2.75, 3.05) is 26.2 Å². The van der Waals surface area contributed by atoms with E-state index in [0.29, 0.717) is 35.3 Å². The van der Waals surface area contributed by atoms with E-state index in [9.17, 15) is 14.4 Å². The van der Waals surface area contributed by atoms with Gasteiger partial charge in [-0.1, -0.05) is 78.0 Å². The average Bonchev–Trinajstić information content (AvgIpc) is 3.67.